The lowest BCUT2D eigenvalue weighted by molar-refractivity contribution is -0.139. The number of nitrogens with one attached hydrogen (secondary N) is 3. The smallest absolute Gasteiger partial charge is 0.428 e. The first-order valence-electron chi connectivity index (χ1n) is 10.2. The first-order valence-corrected chi connectivity index (χ1v) is 10.2. The highest BCUT2D eigenvalue weighted by molar-refractivity contribution is 6.35. The second kappa shape index (κ2) is 9.12. The van der Waals surface area contributed by atoms with Crippen LogP contribution >= 0.6 is 0 Å². The molecule has 3 amide bonds. The van der Waals surface area contributed by atoms with Gasteiger partial charge in [-0.3, -0.25) is 9.59 Å². The zero-order valence-corrected chi connectivity index (χ0v) is 17.8. The van der Waals surface area contributed by atoms with Gasteiger partial charge in [0.25, 0.3) is 0 Å². The van der Waals surface area contributed by atoms with Crippen molar-refractivity contribution < 1.29 is 19.1 Å². The minimum Gasteiger partial charge on any atom is -0.435 e. The van der Waals surface area contributed by atoms with Crippen LogP contribution in [0.4, 0.5) is 4.79 Å². The molecule has 1 atom stereocenters. The zero-order chi connectivity index (χ0) is 22.6. The van der Waals surface area contributed by atoms with Gasteiger partial charge in [-0.25, -0.2) is 15.2 Å². The summed E-state index contributed by atoms with van der Waals surface area (Å²) in [5, 5.41) is 18.4. The average Bonchev–Trinajstić information content (AvgIpc) is 2.75. The molecule has 2 aliphatic rings. The Morgan fingerprint density at radius 2 is 2.10 bits per heavy atom. The third kappa shape index (κ3) is 4.82. The first-order chi connectivity index (χ1) is 14.8. The van der Waals surface area contributed by atoms with Gasteiger partial charge in [-0.2, -0.15) is 10.4 Å². The van der Waals surface area contributed by atoms with Crippen molar-refractivity contribution in [2.45, 2.75) is 57.6 Å². The van der Waals surface area contributed by atoms with E-state index in [9.17, 15) is 14.4 Å². The number of hydrogen-bond donors (Lipinski definition) is 3. The summed E-state index contributed by atoms with van der Waals surface area (Å²) in [4.78, 5) is 39.3. The molecule has 1 spiro atoms. The van der Waals surface area contributed by atoms with Gasteiger partial charge in [-0.1, -0.05) is 0 Å². The van der Waals surface area contributed by atoms with E-state index < -0.39 is 23.5 Å². The second-order valence-corrected chi connectivity index (χ2v) is 8.09. The van der Waals surface area contributed by atoms with Gasteiger partial charge in [0.2, 0.25) is 0 Å². The highest BCUT2D eigenvalue weighted by atomic mass is 16.6. The lowest BCUT2D eigenvalue weighted by Gasteiger charge is -2.42. The molecule has 1 aliphatic heterocycles. The molecule has 0 saturated heterocycles. The van der Waals surface area contributed by atoms with Crippen LogP contribution in [0.3, 0.4) is 0 Å². The molecule has 10 nitrogen and oxygen atoms in total. The molecule has 0 radical (unpaired) electrons. The summed E-state index contributed by atoms with van der Waals surface area (Å²) >= 11 is 0. The molecular weight excluding hydrogens is 400 g/mol. The van der Waals surface area contributed by atoms with E-state index in [2.05, 4.69) is 26.1 Å². The van der Waals surface area contributed by atoms with Gasteiger partial charge in [0.15, 0.2) is 5.60 Å². The number of nitrogens with zero attached hydrogens (tertiary/aromatic N) is 3. The van der Waals surface area contributed by atoms with Gasteiger partial charge in [0, 0.05) is 24.8 Å². The van der Waals surface area contributed by atoms with Crippen molar-refractivity contribution >= 4 is 23.6 Å². The van der Waals surface area contributed by atoms with E-state index in [1.54, 1.807) is 12.3 Å². The molecule has 1 aliphatic carbocycles. The Hall–Kier alpha value is -3.48. The van der Waals surface area contributed by atoms with Gasteiger partial charge < -0.3 is 15.4 Å². The highest BCUT2D eigenvalue weighted by Crippen LogP contribution is 2.40. The normalized spacial score (nSPS) is 23.6. The summed E-state index contributed by atoms with van der Waals surface area (Å²) in [6.07, 6.45) is 4.43. The monoisotopic (exact) mass is 426 g/mol. The van der Waals surface area contributed by atoms with Crippen LogP contribution < -0.4 is 16.1 Å². The molecule has 0 unspecified atom stereocenters. The summed E-state index contributed by atoms with van der Waals surface area (Å²) in [6, 6.07) is 3.55. The van der Waals surface area contributed by atoms with E-state index in [1.807, 2.05) is 19.9 Å². The number of hydrogen-bond acceptors (Lipinski definition) is 7. The largest absolute Gasteiger partial charge is 0.435 e. The Kier molecular flexibility index (Phi) is 6.53. The molecule has 0 bridgehead atoms. The topological polar surface area (TPSA) is 146 Å². The maximum Gasteiger partial charge on any atom is 0.428 e. The van der Waals surface area contributed by atoms with Gasteiger partial charge >= 0.3 is 17.9 Å². The predicted octanol–water partition coefficient (Wildman–Crippen LogP) is 1.28. The van der Waals surface area contributed by atoms with Gasteiger partial charge in [-0.15, -0.1) is 0 Å². The molecule has 0 aromatic carbocycles. The molecule has 164 valence electrons. The van der Waals surface area contributed by atoms with Gasteiger partial charge in [-0.05, 0) is 63.5 Å². The second-order valence-electron chi connectivity index (χ2n) is 8.09. The molecule has 1 aromatic heterocycles. The molecular formula is C21H26N6O4. The van der Waals surface area contributed by atoms with Crippen molar-refractivity contribution in [1.82, 2.24) is 21.0 Å². The van der Waals surface area contributed by atoms with Crippen molar-refractivity contribution in [1.29, 1.82) is 5.26 Å². The number of aromatic nitrogens is 1. The number of carbonyl (C=O) groups excluding carboxylic acids is 3. The highest BCUT2D eigenvalue weighted by Gasteiger charge is 2.46. The number of pyridine rings is 1. The Balaban J connectivity index is 1.71. The van der Waals surface area contributed by atoms with E-state index in [0.717, 1.165) is 30.4 Å². The van der Waals surface area contributed by atoms with E-state index in [1.165, 1.54) is 7.05 Å². The fourth-order valence-electron chi connectivity index (χ4n) is 4.30. The number of aryl methyl sites for hydroxylation is 1. The van der Waals surface area contributed by atoms with E-state index in [4.69, 9.17) is 10.00 Å². The standard InChI is InChI=1S/C21H26N6O4/c1-12-8-15(10-22)24-11-16(12)17-21(31-20(30)27-26-17)6-4-14(5-7-21)9-13(2)25-19(29)18(28)23-3/h8,11,13-14H,4-7,9H2,1-3H3,(H,23,28)(H,25,29)(H,27,30)/t13-,14?,21?/m0/s1. The Bertz CT molecular complexity index is 959. The van der Waals surface area contributed by atoms with Crippen LogP contribution in [0.5, 0.6) is 0 Å². The van der Waals surface area contributed by atoms with E-state index >= 15 is 0 Å². The van der Waals surface area contributed by atoms with Crippen molar-refractivity contribution in [3.63, 3.8) is 0 Å². The third-order valence-corrected chi connectivity index (χ3v) is 5.87. The maximum atomic E-state index is 12.0. The molecule has 1 saturated carbocycles. The lowest BCUT2D eigenvalue weighted by atomic mass is 9.72. The van der Waals surface area contributed by atoms with Crippen LogP contribution in [-0.2, 0) is 14.3 Å². The number of ether oxygens (including phenoxy) is 1. The van der Waals surface area contributed by atoms with Crippen LogP contribution in [0.25, 0.3) is 0 Å². The Morgan fingerprint density at radius 1 is 1.39 bits per heavy atom. The summed E-state index contributed by atoms with van der Waals surface area (Å²) < 4.78 is 5.76. The van der Waals surface area contributed by atoms with Crippen LogP contribution in [-0.4, -0.2) is 47.3 Å². The molecule has 3 rings (SSSR count). The lowest BCUT2D eigenvalue weighted by Crippen LogP contribution is -2.53. The Morgan fingerprint density at radius 3 is 2.71 bits per heavy atom. The number of amides is 3. The number of hydrazone groups is 1. The quantitative estimate of drug-likeness (QED) is 0.618. The number of carbonyl (C=O) groups is 3. The van der Waals surface area contributed by atoms with Gasteiger partial charge in [0.05, 0.1) is 0 Å². The maximum absolute atomic E-state index is 12.0. The SMILES string of the molecule is CNC(=O)C(=O)N[C@@H](C)CC1CCC2(CC1)OC(=O)NN=C2c1cnc(C#N)cc1C. The van der Waals surface area contributed by atoms with Crippen molar-refractivity contribution in [2.24, 2.45) is 11.0 Å². The van der Waals surface area contributed by atoms with Crippen molar-refractivity contribution in [2.75, 3.05) is 7.05 Å². The van der Waals surface area contributed by atoms with E-state index in [0.29, 0.717) is 30.2 Å². The van der Waals surface area contributed by atoms with Crippen molar-refractivity contribution in [3.8, 4) is 6.07 Å². The fraction of sp³-hybridized carbons (Fsp3) is 0.524. The molecule has 2 heterocycles. The fourth-order valence-corrected chi connectivity index (χ4v) is 4.30. The molecule has 3 N–H and O–H groups in total. The molecule has 31 heavy (non-hydrogen) atoms. The molecule has 1 aromatic rings. The first kappa shape index (κ1) is 22.2. The van der Waals surface area contributed by atoms with Crippen LogP contribution in [0.2, 0.25) is 0 Å². The van der Waals surface area contributed by atoms with Crippen LogP contribution in [0.15, 0.2) is 17.4 Å². The molecule has 10 heteroatoms. The minimum atomic E-state index is -0.853. The van der Waals surface area contributed by atoms with Crippen LogP contribution in [0, 0.1) is 24.2 Å². The number of nitriles is 1. The average molecular weight is 426 g/mol. The Labute approximate surface area is 180 Å². The minimum absolute atomic E-state index is 0.155. The van der Waals surface area contributed by atoms with Crippen molar-refractivity contribution in [3.05, 3.63) is 29.1 Å². The zero-order valence-electron chi connectivity index (χ0n) is 17.8. The van der Waals surface area contributed by atoms with E-state index in [-0.39, 0.29) is 6.04 Å². The summed E-state index contributed by atoms with van der Waals surface area (Å²) in [5.41, 5.74) is 4.03. The predicted molar refractivity (Wildman–Crippen MR) is 111 cm³/mol. The van der Waals surface area contributed by atoms with Gasteiger partial charge in [0.1, 0.15) is 17.5 Å². The number of likely N-dealkylation sites (N-methyl/N-ethyl adjacent to an activating group) is 1. The number of rotatable bonds is 4. The summed E-state index contributed by atoms with van der Waals surface area (Å²) in [5.74, 6) is -1.00. The summed E-state index contributed by atoms with van der Waals surface area (Å²) in [6.45, 7) is 3.74. The summed E-state index contributed by atoms with van der Waals surface area (Å²) in [7, 11) is 1.41. The van der Waals surface area contributed by atoms with Crippen LogP contribution in [0.1, 0.15) is 55.8 Å². The third-order valence-electron chi connectivity index (χ3n) is 5.87. The molecule has 1 fully saturated rings.